The molecule has 0 fully saturated rings. The largest absolute Gasteiger partial charge is 0.675 e. The monoisotopic (exact) mass is 477 g/mol. The minimum Gasteiger partial charge on any atom is -0.675 e. The molecule has 0 aromatic heterocycles. The van der Waals surface area contributed by atoms with E-state index in [0.717, 1.165) is 6.42 Å². The molecule has 1 unspecified atom stereocenters. The molecule has 4 nitrogen and oxygen atoms in total. The van der Waals surface area contributed by atoms with Gasteiger partial charge in [-0.1, -0.05) is 19.8 Å². The van der Waals surface area contributed by atoms with E-state index in [1.807, 2.05) is 34.6 Å². The van der Waals surface area contributed by atoms with Crippen LogP contribution in [-0.4, -0.2) is 24.3 Å². The summed E-state index contributed by atoms with van der Waals surface area (Å²) in [6, 6.07) is -0.0922. The molecule has 5 heteroatoms. The van der Waals surface area contributed by atoms with Crippen LogP contribution in [0.5, 0.6) is 0 Å². The van der Waals surface area contributed by atoms with Gasteiger partial charge < -0.3 is 15.8 Å². The van der Waals surface area contributed by atoms with Crippen LogP contribution >= 0.6 is 0 Å². The summed E-state index contributed by atoms with van der Waals surface area (Å²) in [6.07, 6.45) is 0.427. The summed E-state index contributed by atoms with van der Waals surface area (Å²) in [5.41, 5.74) is 7.02. The first kappa shape index (κ1) is 16.7. The van der Waals surface area contributed by atoms with E-state index in [4.69, 9.17) is 10.5 Å². The molecule has 0 rings (SSSR count). The second-order valence-electron chi connectivity index (χ2n) is 4.98. The van der Waals surface area contributed by atoms with Crippen molar-refractivity contribution in [1.82, 2.24) is 5.32 Å². The van der Waals surface area contributed by atoms with Crippen LogP contribution in [0.3, 0.4) is 0 Å². The number of carbonyl (C=O) groups is 1. The molecule has 2 N–H and O–H groups in total. The zero-order valence-corrected chi connectivity index (χ0v) is 12.8. The van der Waals surface area contributed by atoms with Crippen LogP contribution in [0, 0.1) is 5.92 Å². The summed E-state index contributed by atoms with van der Waals surface area (Å²) < 4.78 is 5.08. The number of hydrogen-bond acceptors (Lipinski definition) is 2. The second kappa shape index (κ2) is 6.67. The van der Waals surface area contributed by atoms with Crippen molar-refractivity contribution in [3.8, 4) is 0 Å². The molecule has 105 valence electrons. The number of alkyl carbamates (subject to hydrolysis) is 1. The number of amides is 1. The molecule has 0 bridgehead atoms. The van der Waals surface area contributed by atoms with Gasteiger partial charge >= 0.3 is 6.09 Å². The smallest absolute Gasteiger partial charge is 0.407 e. The van der Waals surface area contributed by atoms with Crippen molar-refractivity contribution in [3.63, 3.8) is 0 Å². The minimum absolute atomic E-state index is 0. The first-order valence-corrected chi connectivity index (χ1v) is 5.40. The van der Waals surface area contributed by atoms with Crippen molar-refractivity contribution in [3.05, 3.63) is 5.73 Å². The maximum absolute atomic E-state index is 11.2. The van der Waals surface area contributed by atoms with Crippen LogP contribution < -0.4 is 5.32 Å². The van der Waals surface area contributed by atoms with Crippen LogP contribution in [0.25, 0.3) is 5.73 Å². The van der Waals surface area contributed by atoms with E-state index >= 15 is 0 Å². The van der Waals surface area contributed by atoms with E-state index in [9.17, 15) is 4.79 Å². The molecule has 0 aromatic rings. The van der Waals surface area contributed by atoms with Gasteiger partial charge in [-0.2, -0.15) is 0 Å². The fraction of sp³-hybridized carbons (Fsp3) is 0.909. The summed E-state index contributed by atoms with van der Waals surface area (Å²) >= 11 is 0. The summed E-state index contributed by atoms with van der Waals surface area (Å²) in [5.74, 6) is 0.292. The van der Waals surface area contributed by atoms with Crippen molar-refractivity contribution in [2.24, 2.45) is 5.92 Å². The Labute approximate surface area is 92.6 Å². The quantitative estimate of drug-likeness (QED) is 0.677. The van der Waals surface area contributed by atoms with E-state index in [-0.39, 0.29) is 12.1 Å². The number of nitrogens with one attached hydrogen (secondary N) is 2. The van der Waals surface area contributed by atoms with Crippen molar-refractivity contribution in [1.29, 1.82) is 0 Å². The molecule has 0 aromatic carbocycles. The third-order valence-electron chi connectivity index (χ3n) is 2.12. The molecule has 16 heavy (non-hydrogen) atoms. The summed E-state index contributed by atoms with van der Waals surface area (Å²) in [7, 11) is 0. The van der Waals surface area contributed by atoms with E-state index in [1.54, 1.807) is 0 Å². The predicted octanol–water partition coefficient (Wildman–Crippen LogP) is 2.98. The molecule has 0 heterocycles. The number of rotatable bonds is 4. The van der Waals surface area contributed by atoms with Crippen molar-refractivity contribution < 1.29 is 9.53 Å². The fourth-order valence-corrected chi connectivity index (χ4v) is 0.966. The first-order valence-electron chi connectivity index (χ1n) is 5.40. The van der Waals surface area contributed by atoms with Crippen LogP contribution in [0.1, 0.15) is 41.0 Å². The second-order valence-corrected chi connectivity index (χ2v) is 4.98. The zero-order chi connectivity index (χ0) is 12.1. The van der Waals surface area contributed by atoms with Gasteiger partial charge in [0.05, 0.1) is 0 Å². The standard InChI is InChI=1S/C11H23N2O2.Lr/c1-8(9(2)12)6-7-13-10(14)15-11(3,4)5;/h8-9,12H,6-7H2,1-5H3,(H,13,14);/q-1;/t8-,9?;/m1./s1. The van der Waals surface area contributed by atoms with Crippen LogP contribution in [-0.2, 0) is 4.74 Å². The maximum atomic E-state index is 11.2. The molecule has 0 saturated carbocycles. The molecule has 0 aliphatic heterocycles. The molecule has 0 saturated heterocycles. The summed E-state index contributed by atoms with van der Waals surface area (Å²) in [4.78, 5) is 11.2. The van der Waals surface area contributed by atoms with Gasteiger partial charge in [-0.3, -0.25) is 0 Å². The molecule has 1 amide bonds. The Bertz CT molecular complexity index is 203. The van der Waals surface area contributed by atoms with E-state index in [1.165, 1.54) is 0 Å². The van der Waals surface area contributed by atoms with Gasteiger partial charge in [-0.25, -0.2) is 4.79 Å². The SMILES string of the molecule is CC([NH-])[C@H](C)CCNC(=O)OC(C)(C)C.[Lr]. The van der Waals surface area contributed by atoms with Gasteiger partial charge in [0.1, 0.15) is 5.60 Å². The van der Waals surface area contributed by atoms with E-state index in [0.29, 0.717) is 12.5 Å². The van der Waals surface area contributed by atoms with Gasteiger partial charge in [0.15, 0.2) is 0 Å². The number of hydrogen-bond donors (Lipinski definition) is 1. The summed E-state index contributed by atoms with van der Waals surface area (Å²) in [6.45, 7) is 9.94. The van der Waals surface area contributed by atoms with Gasteiger partial charge in [0, 0.05) is 6.54 Å². The minimum atomic E-state index is -0.446. The molecular formula is C11H23LrN2O2-. The summed E-state index contributed by atoms with van der Waals surface area (Å²) in [5, 5.41) is 2.68. The van der Waals surface area contributed by atoms with Crippen molar-refractivity contribution >= 4 is 6.09 Å². The number of ether oxygens (including phenoxy) is 1. The average molecular weight is 477 g/mol. The third kappa shape index (κ3) is 8.81. The molecule has 0 aliphatic carbocycles. The van der Waals surface area contributed by atoms with E-state index < -0.39 is 5.60 Å². The first-order chi connectivity index (χ1) is 6.72. The van der Waals surface area contributed by atoms with Crippen molar-refractivity contribution in [2.45, 2.75) is 52.7 Å². The van der Waals surface area contributed by atoms with Gasteiger partial charge in [0.25, 0.3) is 0 Å². The van der Waals surface area contributed by atoms with Crippen LogP contribution in [0.2, 0.25) is 0 Å². The Morgan fingerprint density at radius 3 is 2.25 bits per heavy atom. The molecule has 1 radical (unpaired) electrons. The Morgan fingerprint density at radius 1 is 1.38 bits per heavy atom. The topological polar surface area (TPSA) is 62.1 Å². The third-order valence-corrected chi connectivity index (χ3v) is 2.12. The van der Waals surface area contributed by atoms with Gasteiger partial charge in [0.2, 0.25) is 0 Å². The predicted molar refractivity (Wildman–Crippen MR) is 61.8 cm³/mol. The average Bonchev–Trinajstić information content (AvgIpc) is 2.00. The number of carbonyl (C=O) groups excluding carboxylic acids is 1. The zero-order valence-electron chi connectivity index (χ0n) is 10.6. The Hall–Kier alpha value is -1.77. The Morgan fingerprint density at radius 2 is 1.88 bits per heavy atom. The molecule has 0 aliphatic rings. The normalized spacial score (nSPS) is 14.6. The van der Waals surface area contributed by atoms with Crippen LogP contribution in [0.15, 0.2) is 0 Å². The van der Waals surface area contributed by atoms with Gasteiger partial charge in [-0.15, -0.1) is 6.04 Å². The van der Waals surface area contributed by atoms with E-state index in [2.05, 4.69) is 5.32 Å². The fourth-order valence-electron chi connectivity index (χ4n) is 0.966. The van der Waals surface area contributed by atoms with Crippen molar-refractivity contribution in [2.75, 3.05) is 6.54 Å². The molecule has 0 spiro atoms. The maximum Gasteiger partial charge on any atom is 0.407 e. The Balaban J connectivity index is 0. The Kier molecular flexibility index (Phi) is 6.94. The van der Waals surface area contributed by atoms with Gasteiger partial charge in [-0.05, 0) is 27.2 Å². The molecular weight excluding hydrogens is 454 g/mol. The van der Waals surface area contributed by atoms with Crippen LogP contribution in [0.4, 0.5) is 4.79 Å². The molecule has 2 atom stereocenters.